The van der Waals surface area contributed by atoms with Gasteiger partial charge in [-0.2, -0.15) is 0 Å². The Morgan fingerprint density at radius 2 is 1.21 bits per heavy atom. The smallest absolute Gasteiger partial charge is 0.272 e. The fraction of sp³-hybridized carbons (Fsp3) is 1.00. The van der Waals surface area contributed by atoms with E-state index in [0.29, 0.717) is 12.0 Å². The number of likely N-dealkylation sites (tertiary alicyclic amines) is 2. The average Bonchev–Trinajstić information content (AvgIpc) is 3.02. The van der Waals surface area contributed by atoms with E-state index in [0.717, 1.165) is 25.7 Å². The standard InChI is InChI=1S/C9H15F2N.C8H14F2N2/c1-7-3-2-4-8(7)12-5-9(10,11)6-12;9-8(10)4-12(5-8)7-3-1-2-6(7)11/h7-8H,2-6H2,1H3;6-7H,1-5,11H2/t7-,8?;6-,7?/m00/s1. The van der Waals surface area contributed by atoms with E-state index < -0.39 is 11.8 Å². The molecule has 2 aliphatic heterocycles. The molecule has 24 heavy (non-hydrogen) atoms. The highest BCUT2D eigenvalue weighted by Gasteiger charge is 2.49. The van der Waals surface area contributed by atoms with Gasteiger partial charge in [0.05, 0.1) is 26.2 Å². The summed E-state index contributed by atoms with van der Waals surface area (Å²) < 4.78 is 50.0. The molecular formula is C17H29F4N3. The van der Waals surface area contributed by atoms with Crippen molar-refractivity contribution in [2.45, 2.75) is 75.4 Å². The van der Waals surface area contributed by atoms with Gasteiger partial charge in [-0.25, -0.2) is 17.6 Å². The Bertz CT molecular complexity index is 390. The molecule has 2 heterocycles. The maximum Gasteiger partial charge on any atom is 0.272 e. The van der Waals surface area contributed by atoms with Crippen LogP contribution in [0.1, 0.15) is 45.4 Å². The van der Waals surface area contributed by atoms with Crippen molar-refractivity contribution in [3.8, 4) is 0 Å². The predicted molar refractivity (Wildman–Crippen MR) is 85.5 cm³/mol. The monoisotopic (exact) mass is 351 g/mol. The van der Waals surface area contributed by atoms with E-state index in [-0.39, 0.29) is 38.3 Å². The summed E-state index contributed by atoms with van der Waals surface area (Å²) in [5, 5.41) is 0. The lowest BCUT2D eigenvalue weighted by molar-refractivity contribution is -0.149. The van der Waals surface area contributed by atoms with Crippen LogP contribution >= 0.6 is 0 Å². The molecule has 4 rings (SSSR count). The highest BCUT2D eigenvalue weighted by atomic mass is 19.3. The van der Waals surface area contributed by atoms with Crippen LogP contribution in [0, 0.1) is 5.92 Å². The summed E-state index contributed by atoms with van der Waals surface area (Å²) in [6.07, 6.45) is 6.63. The SMILES string of the molecule is C[C@H]1CCCC1N1CC(F)(F)C1.N[C@H]1CCCC1N1CC(F)(F)C1. The number of nitrogens with two attached hydrogens (primary N) is 1. The zero-order valence-electron chi connectivity index (χ0n) is 14.4. The summed E-state index contributed by atoms with van der Waals surface area (Å²) in [5.41, 5.74) is 5.79. The van der Waals surface area contributed by atoms with Crippen molar-refractivity contribution in [2.24, 2.45) is 11.7 Å². The molecule has 2 unspecified atom stereocenters. The van der Waals surface area contributed by atoms with E-state index in [4.69, 9.17) is 5.73 Å². The maximum absolute atomic E-state index is 12.5. The molecule has 0 aromatic rings. The number of rotatable bonds is 2. The first kappa shape index (κ1) is 18.4. The highest BCUT2D eigenvalue weighted by Crippen LogP contribution is 2.37. The third-order valence-corrected chi connectivity index (χ3v) is 6.02. The Hall–Kier alpha value is -0.400. The first-order chi connectivity index (χ1) is 11.2. The van der Waals surface area contributed by atoms with Crippen molar-refractivity contribution in [1.82, 2.24) is 9.80 Å². The fourth-order valence-electron chi connectivity index (χ4n) is 4.66. The molecule has 0 bridgehead atoms. The van der Waals surface area contributed by atoms with E-state index >= 15 is 0 Å². The van der Waals surface area contributed by atoms with Crippen LogP contribution in [0.5, 0.6) is 0 Å². The van der Waals surface area contributed by atoms with E-state index in [1.54, 1.807) is 0 Å². The average molecular weight is 351 g/mol. The molecule has 0 spiro atoms. The largest absolute Gasteiger partial charge is 0.326 e. The summed E-state index contributed by atoms with van der Waals surface area (Å²) >= 11 is 0. The van der Waals surface area contributed by atoms with Crippen molar-refractivity contribution in [3.05, 3.63) is 0 Å². The molecule has 2 saturated heterocycles. The van der Waals surface area contributed by atoms with Crippen LogP contribution in [0.3, 0.4) is 0 Å². The van der Waals surface area contributed by atoms with E-state index in [9.17, 15) is 17.6 Å². The van der Waals surface area contributed by atoms with Gasteiger partial charge in [0.2, 0.25) is 0 Å². The maximum atomic E-state index is 12.5. The summed E-state index contributed by atoms with van der Waals surface area (Å²) in [6, 6.07) is 0.801. The number of halogens is 4. The van der Waals surface area contributed by atoms with Gasteiger partial charge in [-0.3, -0.25) is 9.80 Å². The van der Waals surface area contributed by atoms with Crippen molar-refractivity contribution in [2.75, 3.05) is 26.2 Å². The second-order valence-electron chi connectivity index (χ2n) is 8.16. The fourth-order valence-corrected chi connectivity index (χ4v) is 4.66. The quantitative estimate of drug-likeness (QED) is 0.777. The zero-order valence-corrected chi connectivity index (χ0v) is 14.4. The Morgan fingerprint density at radius 1 is 0.750 bits per heavy atom. The van der Waals surface area contributed by atoms with Gasteiger partial charge in [0.1, 0.15) is 0 Å². The molecule has 0 aromatic carbocycles. The molecule has 4 atom stereocenters. The first-order valence-corrected chi connectivity index (χ1v) is 9.16. The van der Waals surface area contributed by atoms with Crippen LogP contribution in [0.15, 0.2) is 0 Å². The lowest BCUT2D eigenvalue weighted by Gasteiger charge is -2.44. The van der Waals surface area contributed by atoms with Crippen molar-refractivity contribution >= 4 is 0 Å². The summed E-state index contributed by atoms with van der Waals surface area (Å²) in [4.78, 5) is 3.76. The topological polar surface area (TPSA) is 32.5 Å². The first-order valence-electron chi connectivity index (χ1n) is 9.16. The van der Waals surface area contributed by atoms with E-state index in [2.05, 4.69) is 6.92 Å². The van der Waals surface area contributed by atoms with Crippen molar-refractivity contribution in [1.29, 1.82) is 0 Å². The van der Waals surface area contributed by atoms with Gasteiger partial charge in [0.15, 0.2) is 0 Å². The molecule has 2 saturated carbocycles. The minimum atomic E-state index is -2.44. The third-order valence-electron chi connectivity index (χ3n) is 6.02. The van der Waals surface area contributed by atoms with Crippen LogP contribution in [-0.2, 0) is 0 Å². The van der Waals surface area contributed by atoms with Gasteiger partial charge in [0, 0.05) is 18.1 Å². The summed E-state index contributed by atoms with van der Waals surface area (Å²) in [6.45, 7) is 2.02. The minimum Gasteiger partial charge on any atom is -0.326 e. The molecule has 140 valence electrons. The number of alkyl halides is 4. The van der Waals surface area contributed by atoms with Crippen molar-refractivity contribution < 1.29 is 17.6 Å². The van der Waals surface area contributed by atoms with Crippen LogP contribution < -0.4 is 5.73 Å². The summed E-state index contributed by atoms with van der Waals surface area (Å²) in [5.74, 6) is -4.20. The van der Waals surface area contributed by atoms with E-state index in [1.165, 1.54) is 12.8 Å². The lowest BCUT2D eigenvalue weighted by Crippen LogP contribution is -2.62. The molecule has 4 aliphatic rings. The normalized spacial score (nSPS) is 41.2. The lowest BCUT2D eigenvalue weighted by atomic mass is 9.99. The zero-order chi connectivity index (χ0) is 17.5. The molecule has 4 fully saturated rings. The molecule has 3 nitrogen and oxygen atoms in total. The molecular weight excluding hydrogens is 322 g/mol. The molecule has 0 aromatic heterocycles. The number of hydrogen-bond acceptors (Lipinski definition) is 3. The van der Waals surface area contributed by atoms with Crippen molar-refractivity contribution in [3.63, 3.8) is 0 Å². The van der Waals surface area contributed by atoms with Gasteiger partial charge in [-0.1, -0.05) is 19.8 Å². The van der Waals surface area contributed by atoms with Crippen LogP contribution in [0.2, 0.25) is 0 Å². The highest BCUT2D eigenvalue weighted by molar-refractivity contribution is 4.97. The molecule has 7 heteroatoms. The Balaban J connectivity index is 0.000000141. The molecule has 2 aliphatic carbocycles. The van der Waals surface area contributed by atoms with Gasteiger partial charge < -0.3 is 5.73 Å². The number of nitrogens with zero attached hydrogens (tertiary/aromatic N) is 2. The predicted octanol–water partition coefficient (Wildman–Crippen LogP) is 2.94. The van der Waals surface area contributed by atoms with Gasteiger partial charge in [-0.05, 0) is 31.6 Å². The summed E-state index contributed by atoms with van der Waals surface area (Å²) in [7, 11) is 0. The van der Waals surface area contributed by atoms with Crippen LogP contribution in [0.4, 0.5) is 17.6 Å². The molecule has 0 amide bonds. The third kappa shape index (κ3) is 4.05. The van der Waals surface area contributed by atoms with Crippen LogP contribution in [0.25, 0.3) is 0 Å². The minimum absolute atomic E-state index is 0.00199. The van der Waals surface area contributed by atoms with Gasteiger partial charge in [-0.15, -0.1) is 0 Å². The Labute approximate surface area is 141 Å². The second-order valence-corrected chi connectivity index (χ2v) is 8.16. The van der Waals surface area contributed by atoms with Crippen LogP contribution in [-0.4, -0.2) is 65.9 Å². The Morgan fingerprint density at radius 3 is 1.58 bits per heavy atom. The Kier molecular flexibility index (Phi) is 5.15. The molecule has 0 radical (unpaired) electrons. The van der Waals surface area contributed by atoms with Gasteiger partial charge >= 0.3 is 0 Å². The molecule has 2 N–H and O–H groups in total. The second kappa shape index (κ2) is 6.72. The van der Waals surface area contributed by atoms with Gasteiger partial charge in [0.25, 0.3) is 11.8 Å². The number of hydrogen-bond donors (Lipinski definition) is 1. The van der Waals surface area contributed by atoms with E-state index in [1.807, 2.05) is 9.80 Å².